The minimum absolute atomic E-state index is 0.0121. The fourth-order valence-electron chi connectivity index (χ4n) is 1.55. The van der Waals surface area contributed by atoms with E-state index in [-0.39, 0.29) is 12.2 Å². The maximum Gasteiger partial charge on any atom is 0.345 e. The van der Waals surface area contributed by atoms with Crippen molar-refractivity contribution in [3.63, 3.8) is 0 Å². The largest absolute Gasteiger partial charge is 0.506 e. The third-order valence-corrected chi connectivity index (χ3v) is 3.27. The number of hydrogen-bond acceptors (Lipinski definition) is 6. The molecule has 0 spiro atoms. The van der Waals surface area contributed by atoms with Gasteiger partial charge in [-0.2, -0.15) is 8.42 Å². The van der Waals surface area contributed by atoms with E-state index < -0.39 is 38.2 Å². The highest BCUT2D eigenvalue weighted by molar-refractivity contribution is 7.86. The number of benzene rings is 1. The van der Waals surface area contributed by atoms with Crippen LogP contribution in [0.2, 0.25) is 0 Å². The Labute approximate surface area is 121 Å². The molecule has 21 heavy (non-hydrogen) atoms. The molecule has 6 nitrogen and oxygen atoms in total. The van der Waals surface area contributed by atoms with Gasteiger partial charge in [-0.25, -0.2) is 4.79 Å². The van der Waals surface area contributed by atoms with Crippen LogP contribution >= 0.6 is 0 Å². The zero-order chi connectivity index (χ0) is 16.2. The fraction of sp³-hybridized carbons (Fsp3) is 0.231. The number of Topliss-reactive ketones (excluding diaryl/α,β-unsaturated/α-hetero) is 1. The van der Waals surface area contributed by atoms with Crippen LogP contribution in [0.1, 0.15) is 19.4 Å². The van der Waals surface area contributed by atoms with Crippen molar-refractivity contribution in [3.8, 4) is 0 Å². The van der Waals surface area contributed by atoms with Crippen molar-refractivity contribution < 1.29 is 31.7 Å². The first-order chi connectivity index (χ1) is 9.68. The van der Waals surface area contributed by atoms with Crippen LogP contribution in [-0.2, 0) is 24.5 Å². The molecule has 0 fully saturated rings. The van der Waals surface area contributed by atoms with Gasteiger partial charge in [-0.3, -0.25) is 4.79 Å². The van der Waals surface area contributed by atoms with Gasteiger partial charge in [0, 0.05) is 5.56 Å². The standard InChI is InChI=1S/C13H13FO6S/c1-3-20-13(17)11(8(2)15)12(16)9-5-4-6-10(7-9)21(14,18)19/h4-7,16H,3H2,1-2H3. The van der Waals surface area contributed by atoms with Crippen LogP contribution in [0.3, 0.4) is 0 Å². The number of ether oxygens (including phenoxy) is 1. The molecule has 8 heteroatoms. The van der Waals surface area contributed by atoms with Gasteiger partial charge in [-0.15, -0.1) is 3.89 Å². The summed E-state index contributed by atoms with van der Waals surface area (Å²) in [5.41, 5.74) is -0.822. The number of carbonyl (C=O) groups excluding carboxylic acids is 2. The van der Waals surface area contributed by atoms with Crippen molar-refractivity contribution >= 4 is 27.7 Å². The Hall–Kier alpha value is -2.22. The second kappa shape index (κ2) is 6.49. The molecule has 1 N–H and O–H groups in total. The smallest absolute Gasteiger partial charge is 0.345 e. The number of carbonyl (C=O) groups is 2. The van der Waals surface area contributed by atoms with Crippen molar-refractivity contribution in [2.45, 2.75) is 18.7 Å². The molecule has 0 aromatic heterocycles. The average Bonchev–Trinajstić information content (AvgIpc) is 2.37. The minimum Gasteiger partial charge on any atom is -0.506 e. The predicted octanol–water partition coefficient (Wildman–Crippen LogP) is 1.77. The van der Waals surface area contributed by atoms with Crippen molar-refractivity contribution in [1.82, 2.24) is 0 Å². The second-order valence-electron chi connectivity index (χ2n) is 3.97. The molecule has 0 amide bonds. The van der Waals surface area contributed by atoms with Gasteiger partial charge in [0.25, 0.3) is 0 Å². The van der Waals surface area contributed by atoms with Crippen molar-refractivity contribution in [2.24, 2.45) is 0 Å². The zero-order valence-corrected chi connectivity index (χ0v) is 12.1. The first-order valence-electron chi connectivity index (χ1n) is 5.84. The topological polar surface area (TPSA) is 97.7 Å². The minimum atomic E-state index is -4.97. The first-order valence-corrected chi connectivity index (χ1v) is 7.23. The summed E-state index contributed by atoms with van der Waals surface area (Å²) >= 11 is 0. The lowest BCUT2D eigenvalue weighted by Crippen LogP contribution is -2.16. The highest BCUT2D eigenvalue weighted by Gasteiger charge is 2.23. The molecule has 0 bridgehead atoms. The van der Waals surface area contributed by atoms with Gasteiger partial charge in [0.15, 0.2) is 5.78 Å². The summed E-state index contributed by atoms with van der Waals surface area (Å²) in [6, 6.07) is 4.18. The molecule has 0 radical (unpaired) electrons. The Kier molecular flexibility index (Phi) is 5.20. The highest BCUT2D eigenvalue weighted by Crippen LogP contribution is 2.22. The molecule has 0 heterocycles. The van der Waals surface area contributed by atoms with E-state index in [1.165, 1.54) is 19.1 Å². The summed E-state index contributed by atoms with van der Waals surface area (Å²) in [5, 5.41) is 9.98. The summed E-state index contributed by atoms with van der Waals surface area (Å²) in [5.74, 6) is -2.58. The predicted molar refractivity (Wildman–Crippen MR) is 71.6 cm³/mol. The van der Waals surface area contributed by atoms with Gasteiger partial charge in [-0.05, 0) is 26.0 Å². The van der Waals surface area contributed by atoms with E-state index in [0.29, 0.717) is 0 Å². The number of hydrogen-bond donors (Lipinski definition) is 1. The van der Waals surface area contributed by atoms with Crippen LogP contribution < -0.4 is 0 Å². The third-order valence-electron chi connectivity index (χ3n) is 2.46. The van der Waals surface area contributed by atoms with Gasteiger partial charge < -0.3 is 9.84 Å². The number of ketones is 1. The quantitative estimate of drug-likeness (QED) is 0.222. The third kappa shape index (κ3) is 4.12. The summed E-state index contributed by atoms with van der Waals surface area (Å²) in [6.45, 7) is 2.54. The van der Waals surface area contributed by atoms with Gasteiger partial charge in [0.1, 0.15) is 11.3 Å². The number of rotatable bonds is 5. The maximum atomic E-state index is 12.9. The van der Waals surface area contributed by atoms with E-state index in [9.17, 15) is 27.0 Å². The molecular weight excluding hydrogens is 303 g/mol. The Morgan fingerprint density at radius 1 is 1.33 bits per heavy atom. The molecular formula is C13H13FO6S. The lowest BCUT2D eigenvalue weighted by molar-refractivity contribution is -0.139. The first kappa shape index (κ1) is 16.8. The summed E-state index contributed by atoms with van der Waals surface area (Å²) < 4.78 is 39.2. The molecule has 0 saturated heterocycles. The lowest BCUT2D eigenvalue weighted by Gasteiger charge is -2.08. The second-order valence-corrected chi connectivity index (χ2v) is 5.31. The Morgan fingerprint density at radius 3 is 2.43 bits per heavy atom. The molecule has 1 aromatic rings. The van der Waals surface area contributed by atoms with Gasteiger partial charge >= 0.3 is 16.2 Å². The summed E-state index contributed by atoms with van der Waals surface area (Å²) in [6.07, 6.45) is 0. The van der Waals surface area contributed by atoms with Crippen LogP contribution in [0.15, 0.2) is 34.7 Å². The molecule has 0 atom stereocenters. The van der Waals surface area contributed by atoms with Crippen LogP contribution in [0.25, 0.3) is 5.76 Å². The molecule has 0 aliphatic carbocycles. The number of esters is 1. The monoisotopic (exact) mass is 316 g/mol. The number of aliphatic hydroxyl groups is 1. The molecule has 1 rings (SSSR count). The normalized spacial score (nSPS) is 12.5. The van der Waals surface area contributed by atoms with Crippen LogP contribution in [0, 0.1) is 0 Å². The Bertz CT molecular complexity index is 705. The van der Waals surface area contributed by atoms with Crippen molar-refractivity contribution in [2.75, 3.05) is 6.61 Å². The molecule has 0 unspecified atom stereocenters. The van der Waals surface area contributed by atoms with E-state index >= 15 is 0 Å². The molecule has 1 aromatic carbocycles. The van der Waals surface area contributed by atoms with Gasteiger partial charge in [-0.1, -0.05) is 12.1 Å². The SMILES string of the molecule is CCOC(=O)C(C(C)=O)=C(O)c1cccc(S(=O)(=O)F)c1. The van der Waals surface area contributed by atoms with E-state index in [1.54, 1.807) is 0 Å². The average molecular weight is 316 g/mol. The van der Waals surface area contributed by atoms with Crippen LogP contribution in [0.4, 0.5) is 3.89 Å². The maximum absolute atomic E-state index is 12.9. The lowest BCUT2D eigenvalue weighted by atomic mass is 10.1. The zero-order valence-electron chi connectivity index (χ0n) is 11.3. The fourth-order valence-corrected chi connectivity index (χ4v) is 2.06. The highest BCUT2D eigenvalue weighted by atomic mass is 32.3. The molecule has 0 aliphatic rings. The molecule has 0 saturated carbocycles. The van der Waals surface area contributed by atoms with Crippen molar-refractivity contribution in [1.29, 1.82) is 0 Å². The van der Waals surface area contributed by atoms with E-state index in [1.807, 2.05) is 0 Å². The van der Waals surface area contributed by atoms with E-state index in [2.05, 4.69) is 4.74 Å². The van der Waals surface area contributed by atoms with Gasteiger partial charge in [0.2, 0.25) is 0 Å². The number of aliphatic hydroxyl groups excluding tert-OH is 1. The Morgan fingerprint density at radius 2 is 1.95 bits per heavy atom. The van der Waals surface area contributed by atoms with Crippen molar-refractivity contribution in [3.05, 3.63) is 35.4 Å². The van der Waals surface area contributed by atoms with Gasteiger partial charge in [0.05, 0.1) is 11.5 Å². The van der Waals surface area contributed by atoms with Crippen LogP contribution in [0.5, 0.6) is 0 Å². The summed E-state index contributed by atoms with van der Waals surface area (Å²) in [4.78, 5) is 22.4. The van der Waals surface area contributed by atoms with E-state index in [4.69, 9.17) is 0 Å². The molecule has 0 aliphatic heterocycles. The van der Waals surface area contributed by atoms with Crippen LogP contribution in [-0.4, -0.2) is 31.9 Å². The van der Waals surface area contributed by atoms with E-state index in [0.717, 1.165) is 19.1 Å². The number of halogens is 1. The summed E-state index contributed by atoms with van der Waals surface area (Å²) in [7, 11) is -4.97. The molecule has 114 valence electrons. The Balaban J connectivity index is 3.44.